The summed E-state index contributed by atoms with van der Waals surface area (Å²) in [5, 5.41) is 5.72. The molecule has 1 aromatic rings. The summed E-state index contributed by atoms with van der Waals surface area (Å²) in [5.74, 6) is -0.167. The molecule has 0 spiro atoms. The summed E-state index contributed by atoms with van der Waals surface area (Å²) in [7, 11) is 1.58. The lowest BCUT2D eigenvalue weighted by Gasteiger charge is -2.18. The van der Waals surface area contributed by atoms with E-state index in [0.717, 1.165) is 18.9 Å². The van der Waals surface area contributed by atoms with E-state index in [-0.39, 0.29) is 17.9 Å². The van der Waals surface area contributed by atoms with E-state index in [9.17, 15) is 18.0 Å². The molecule has 0 radical (unpaired) electrons. The number of nitrogens with one attached hydrogen (secondary N) is 2. The number of carbonyl (C=O) groups excluding carboxylic acids is 1. The van der Waals surface area contributed by atoms with Crippen LogP contribution in [0.1, 0.15) is 24.0 Å². The maximum Gasteiger partial charge on any atom is 0.416 e. The second kappa shape index (κ2) is 7.31. The Balaban J connectivity index is 1.89. The molecule has 0 atom stereocenters. The van der Waals surface area contributed by atoms with E-state index >= 15 is 0 Å². The Bertz CT molecular complexity index is 542. The van der Waals surface area contributed by atoms with Gasteiger partial charge in [0.1, 0.15) is 0 Å². The van der Waals surface area contributed by atoms with Crippen molar-refractivity contribution < 1.29 is 22.7 Å². The van der Waals surface area contributed by atoms with Gasteiger partial charge in [-0.2, -0.15) is 13.2 Å². The van der Waals surface area contributed by atoms with Crippen molar-refractivity contribution in [3.8, 4) is 0 Å². The van der Waals surface area contributed by atoms with Gasteiger partial charge in [0.2, 0.25) is 5.91 Å². The third-order valence-corrected chi connectivity index (χ3v) is 4.05. The molecule has 0 aliphatic heterocycles. The Morgan fingerprint density at radius 2 is 2.09 bits per heavy atom. The van der Waals surface area contributed by atoms with Gasteiger partial charge in [-0.1, -0.05) is 18.2 Å². The number of hydrogen-bond acceptors (Lipinski definition) is 3. The van der Waals surface area contributed by atoms with Gasteiger partial charge in [-0.3, -0.25) is 4.79 Å². The van der Waals surface area contributed by atoms with Crippen molar-refractivity contribution in [2.75, 3.05) is 33.4 Å². The monoisotopic (exact) mass is 330 g/mol. The highest BCUT2D eigenvalue weighted by molar-refractivity contribution is 5.78. The van der Waals surface area contributed by atoms with Crippen molar-refractivity contribution in [1.29, 1.82) is 0 Å². The molecule has 1 amide bonds. The van der Waals surface area contributed by atoms with Crippen LogP contribution < -0.4 is 10.6 Å². The number of hydrogen-bond donors (Lipinski definition) is 2. The second-order valence-corrected chi connectivity index (χ2v) is 5.81. The molecule has 0 aromatic heterocycles. The van der Waals surface area contributed by atoms with Gasteiger partial charge in [-0.25, -0.2) is 0 Å². The highest BCUT2D eigenvalue weighted by Gasteiger charge is 2.45. The van der Waals surface area contributed by atoms with Crippen LogP contribution in [0.3, 0.4) is 0 Å². The predicted molar refractivity (Wildman–Crippen MR) is 80.1 cm³/mol. The molecule has 1 aliphatic rings. The van der Waals surface area contributed by atoms with Crippen LogP contribution in [-0.4, -0.2) is 39.3 Å². The standard InChI is InChI=1S/C16H21F3N2O2/c1-23-8-7-20-10-14(22)21-11-15(5-6-15)12-3-2-4-13(9-12)16(17,18)19/h2-4,9,20H,5-8,10-11H2,1H3,(H,21,22). The van der Waals surface area contributed by atoms with Gasteiger partial charge < -0.3 is 15.4 Å². The SMILES string of the molecule is COCCNCC(=O)NCC1(c2cccc(C(F)(F)F)c2)CC1. The van der Waals surface area contributed by atoms with E-state index in [1.807, 2.05) is 0 Å². The van der Waals surface area contributed by atoms with Gasteiger partial charge in [0.05, 0.1) is 18.7 Å². The van der Waals surface area contributed by atoms with Crippen LogP contribution in [0.25, 0.3) is 0 Å². The van der Waals surface area contributed by atoms with Gasteiger partial charge in [0.25, 0.3) is 0 Å². The number of methoxy groups -OCH3 is 1. The molecule has 0 saturated heterocycles. The van der Waals surface area contributed by atoms with Crippen LogP contribution in [0.15, 0.2) is 24.3 Å². The minimum Gasteiger partial charge on any atom is -0.383 e. The Hall–Kier alpha value is -1.60. The molecule has 23 heavy (non-hydrogen) atoms. The van der Waals surface area contributed by atoms with Crippen LogP contribution in [0.4, 0.5) is 13.2 Å². The molecule has 0 unspecified atom stereocenters. The molecule has 1 aliphatic carbocycles. The molecule has 0 heterocycles. The molecule has 1 saturated carbocycles. The summed E-state index contributed by atoms with van der Waals surface area (Å²) in [6, 6.07) is 5.38. The lowest BCUT2D eigenvalue weighted by Crippen LogP contribution is -2.39. The minimum absolute atomic E-state index is 0.167. The zero-order valence-electron chi connectivity index (χ0n) is 13.0. The Morgan fingerprint density at radius 1 is 1.35 bits per heavy atom. The molecule has 7 heteroatoms. The van der Waals surface area contributed by atoms with Crippen molar-refractivity contribution >= 4 is 5.91 Å². The molecular weight excluding hydrogens is 309 g/mol. The number of benzene rings is 1. The highest BCUT2D eigenvalue weighted by Crippen LogP contribution is 2.48. The maximum atomic E-state index is 12.8. The van der Waals surface area contributed by atoms with Crippen LogP contribution in [0.5, 0.6) is 0 Å². The van der Waals surface area contributed by atoms with E-state index in [2.05, 4.69) is 10.6 Å². The molecule has 1 aromatic carbocycles. The summed E-state index contributed by atoms with van der Waals surface area (Å²) < 4.78 is 43.3. The lowest BCUT2D eigenvalue weighted by molar-refractivity contribution is -0.137. The Labute approximate surface area is 133 Å². The van der Waals surface area contributed by atoms with E-state index in [1.54, 1.807) is 13.2 Å². The molecule has 2 rings (SSSR count). The first-order chi connectivity index (χ1) is 10.9. The smallest absolute Gasteiger partial charge is 0.383 e. The van der Waals surface area contributed by atoms with E-state index in [1.165, 1.54) is 12.1 Å². The average molecular weight is 330 g/mol. The van der Waals surface area contributed by atoms with Crippen molar-refractivity contribution in [2.24, 2.45) is 0 Å². The second-order valence-electron chi connectivity index (χ2n) is 5.81. The van der Waals surface area contributed by atoms with Gasteiger partial charge >= 0.3 is 6.18 Å². The Morgan fingerprint density at radius 3 is 2.70 bits per heavy atom. The summed E-state index contributed by atoms with van der Waals surface area (Å²) in [6.45, 7) is 1.62. The maximum absolute atomic E-state index is 12.8. The number of carbonyl (C=O) groups is 1. The Kier molecular flexibility index (Phi) is 5.64. The molecule has 4 nitrogen and oxygen atoms in total. The molecular formula is C16H21F3N2O2. The number of amides is 1. The van der Waals surface area contributed by atoms with Crippen LogP contribution >= 0.6 is 0 Å². The van der Waals surface area contributed by atoms with Gasteiger partial charge in [0, 0.05) is 25.6 Å². The number of rotatable bonds is 8. The van der Waals surface area contributed by atoms with Crippen LogP contribution in [0, 0.1) is 0 Å². The first-order valence-electron chi connectivity index (χ1n) is 7.51. The third-order valence-electron chi connectivity index (χ3n) is 4.05. The lowest BCUT2D eigenvalue weighted by atomic mass is 9.94. The molecule has 2 N–H and O–H groups in total. The number of halogens is 3. The van der Waals surface area contributed by atoms with Crippen molar-refractivity contribution in [3.63, 3.8) is 0 Å². The van der Waals surface area contributed by atoms with E-state index < -0.39 is 11.7 Å². The minimum atomic E-state index is -4.35. The van der Waals surface area contributed by atoms with Gasteiger partial charge in [0.15, 0.2) is 0 Å². The number of ether oxygens (including phenoxy) is 1. The fraction of sp³-hybridized carbons (Fsp3) is 0.562. The quantitative estimate of drug-likeness (QED) is 0.718. The average Bonchev–Trinajstić information content (AvgIpc) is 3.30. The van der Waals surface area contributed by atoms with Crippen LogP contribution in [0.2, 0.25) is 0 Å². The van der Waals surface area contributed by atoms with Crippen molar-refractivity contribution in [2.45, 2.75) is 24.4 Å². The van der Waals surface area contributed by atoms with E-state index in [0.29, 0.717) is 25.3 Å². The zero-order valence-corrected chi connectivity index (χ0v) is 13.0. The van der Waals surface area contributed by atoms with Gasteiger partial charge in [-0.05, 0) is 24.5 Å². The summed E-state index contributed by atoms with van der Waals surface area (Å²) in [6.07, 6.45) is -2.78. The normalized spacial score (nSPS) is 16.2. The topological polar surface area (TPSA) is 50.4 Å². The summed E-state index contributed by atoms with van der Waals surface area (Å²) in [4.78, 5) is 11.7. The van der Waals surface area contributed by atoms with Crippen molar-refractivity contribution in [3.05, 3.63) is 35.4 Å². The third kappa shape index (κ3) is 4.94. The van der Waals surface area contributed by atoms with E-state index in [4.69, 9.17) is 4.74 Å². The molecule has 1 fully saturated rings. The first kappa shape index (κ1) is 17.7. The van der Waals surface area contributed by atoms with Crippen molar-refractivity contribution in [1.82, 2.24) is 10.6 Å². The summed E-state index contributed by atoms with van der Waals surface area (Å²) >= 11 is 0. The summed E-state index contributed by atoms with van der Waals surface area (Å²) in [5.41, 5.74) is -0.363. The zero-order chi connectivity index (χ0) is 16.9. The number of alkyl halides is 3. The molecule has 0 bridgehead atoms. The highest BCUT2D eigenvalue weighted by atomic mass is 19.4. The largest absolute Gasteiger partial charge is 0.416 e. The van der Waals surface area contributed by atoms with Gasteiger partial charge in [-0.15, -0.1) is 0 Å². The fourth-order valence-electron chi connectivity index (χ4n) is 2.45. The predicted octanol–water partition coefficient (Wildman–Crippen LogP) is 2.09. The first-order valence-corrected chi connectivity index (χ1v) is 7.51. The van der Waals surface area contributed by atoms with Crippen LogP contribution in [-0.2, 0) is 21.1 Å². The molecule has 128 valence electrons. The fourth-order valence-corrected chi connectivity index (χ4v) is 2.45.